The van der Waals surface area contributed by atoms with Crippen LogP contribution in [-0.4, -0.2) is 56.7 Å². The maximum absolute atomic E-state index is 11.5. The molecule has 112 valence electrons. The predicted octanol–water partition coefficient (Wildman–Crippen LogP) is 0.985. The Morgan fingerprint density at radius 3 is 2.60 bits per heavy atom. The highest BCUT2D eigenvalue weighted by Crippen LogP contribution is 2.19. The maximum atomic E-state index is 11.5. The molecule has 0 unspecified atom stereocenters. The lowest BCUT2D eigenvalue weighted by Gasteiger charge is -2.34. The summed E-state index contributed by atoms with van der Waals surface area (Å²) in [5, 5.41) is 3.26. The van der Waals surface area contributed by atoms with Gasteiger partial charge in [-0.05, 0) is 12.5 Å². The SMILES string of the molecule is CCCNc1cc(N2CCN(S(C)(=O)=O)CC2)ccn1. The minimum atomic E-state index is -3.07. The standard InChI is InChI=1S/C13H22N4O2S/c1-3-5-14-13-11-12(4-6-15-13)16-7-9-17(10-8-16)20(2,18)19/h4,6,11H,3,5,7-10H2,1-2H3,(H,14,15). The lowest BCUT2D eigenvalue weighted by atomic mass is 10.3. The lowest BCUT2D eigenvalue weighted by Crippen LogP contribution is -2.48. The Morgan fingerprint density at radius 2 is 2.00 bits per heavy atom. The molecule has 20 heavy (non-hydrogen) atoms. The van der Waals surface area contributed by atoms with E-state index in [-0.39, 0.29) is 0 Å². The van der Waals surface area contributed by atoms with Gasteiger partial charge in [-0.15, -0.1) is 0 Å². The Balaban J connectivity index is 2.00. The number of nitrogens with zero attached hydrogens (tertiary/aromatic N) is 3. The molecule has 2 heterocycles. The van der Waals surface area contributed by atoms with Crippen molar-refractivity contribution in [2.24, 2.45) is 0 Å². The number of pyridine rings is 1. The van der Waals surface area contributed by atoms with Crippen molar-refractivity contribution in [3.05, 3.63) is 18.3 Å². The van der Waals surface area contributed by atoms with Gasteiger partial charge in [0.1, 0.15) is 5.82 Å². The van der Waals surface area contributed by atoms with E-state index in [4.69, 9.17) is 0 Å². The molecule has 6 nitrogen and oxygen atoms in total. The molecule has 1 N–H and O–H groups in total. The zero-order valence-corrected chi connectivity index (χ0v) is 12.9. The molecule has 0 radical (unpaired) electrons. The zero-order chi connectivity index (χ0) is 14.6. The van der Waals surface area contributed by atoms with Gasteiger partial charge in [0, 0.05) is 50.7 Å². The fourth-order valence-corrected chi connectivity index (χ4v) is 3.07. The van der Waals surface area contributed by atoms with Gasteiger partial charge >= 0.3 is 0 Å². The average Bonchev–Trinajstić information content (AvgIpc) is 2.45. The molecule has 1 aromatic heterocycles. The molecule has 1 saturated heterocycles. The Labute approximate surface area is 120 Å². The Hall–Kier alpha value is -1.34. The van der Waals surface area contributed by atoms with E-state index < -0.39 is 10.0 Å². The van der Waals surface area contributed by atoms with Crippen LogP contribution in [0.25, 0.3) is 0 Å². The second-order valence-corrected chi connectivity index (χ2v) is 6.96. The molecule has 2 rings (SSSR count). The van der Waals surface area contributed by atoms with Crippen LogP contribution >= 0.6 is 0 Å². The highest BCUT2D eigenvalue weighted by molar-refractivity contribution is 7.88. The van der Waals surface area contributed by atoms with Gasteiger partial charge in [0.2, 0.25) is 10.0 Å². The van der Waals surface area contributed by atoms with E-state index in [0.717, 1.165) is 24.5 Å². The molecular formula is C13H22N4O2S. The van der Waals surface area contributed by atoms with Crippen LogP contribution in [0.4, 0.5) is 11.5 Å². The molecule has 1 fully saturated rings. The third-order valence-electron chi connectivity index (χ3n) is 3.37. The van der Waals surface area contributed by atoms with Crippen LogP contribution in [0.15, 0.2) is 18.3 Å². The third-order valence-corrected chi connectivity index (χ3v) is 4.68. The number of sulfonamides is 1. The first kappa shape index (κ1) is 15.1. The second kappa shape index (κ2) is 6.41. The molecule has 7 heteroatoms. The first-order chi connectivity index (χ1) is 9.50. The van der Waals surface area contributed by atoms with E-state index in [0.29, 0.717) is 26.2 Å². The summed E-state index contributed by atoms with van der Waals surface area (Å²) in [5.41, 5.74) is 1.09. The number of aromatic nitrogens is 1. The zero-order valence-electron chi connectivity index (χ0n) is 12.0. The van der Waals surface area contributed by atoms with Gasteiger partial charge in [-0.25, -0.2) is 13.4 Å². The number of hydrogen-bond donors (Lipinski definition) is 1. The molecule has 0 aromatic carbocycles. The summed E-state index contributed by atoms with van der Waals surface area (Å²) in [6.07, 6.45) is 4.11. The largest absolute Gasteiger partial charge is 0.370 e. The van der Waals surface area contributed by atoms with Crippen LogP contribution < -0.4 is 10.2 Å². The van der Waals surface area contributed by atoms with Crippen molar-refractivity contribution in [1.29, 1.82) is 0 Å². The summed E-state index contributed by atoms with van der Waals surface area (Å²) in [7, 11) is -3.07. The van der Waals surface area contributed by atoms with Crippen molar-refractivity contribution in [1.82, 2.24) is 9.29 Å². The van der Waals surface area contributed by atoms with Crippen LogP contribution in [0.2, 0.25) is 0 Å². The van der Waals surface area contributed by atoms with Crippen molar-refractivity contribution in [2.75, 3.05) is 49.2 Å². The number of nitrogens with one attached hydrogen (secondary N) is 1. The van der Waals surface area contributed by atoms with Crippen LogP contribution in [0.1, 0.15) is 13.3 Å². The van der Waals surface area contributed by atoms with E-state index in [1.165, 1.54) is 10.6 Å². The topological polar surface area (TPSA) is 65.5 Å². The summed E-state index contributed by atoms with van der Waals surface area (Å²) in [6.45, 7) is 5.52. The van der Waals surface area contributed by atoms with E-state index in [1.54, 1.807) is 6.20 Å². The van der Waals surface area contributed by atoms with Crippen LogP contribution in [0.5, 0.6) is 0 Å². The molecule has 1 aliphatic rings. The minimum Gasteiger partial charge on any atom is -0.370 e. The second-order valence-electron chi connectivity index (χ2n) is 4.98. The van der Waals surface area contributed by atoms with Gasteiger partial charge < -0.3 is 10.2 Å². The summed E-state index contributed by atoms with van der Waals surface area (Å²) >= 11 is 0. The average molecular weight is 298 g/mol. The Bertz CT molecular complexity index is 539. The van der Waals surface area contributed by atoms with E-state index in [1.807, 2.05) is 12.1 Å². The maximum Gasteiger partial charge on any atom is 0.211 e. The van der Waals surface area contributed by atoms with E-state index >= 15 is 0 Å². The van der Waals surface area contributed by atoms with Gasteiger partial charge in [-0.2, -0.15) is 4.31 Å². The van der Waals surface area contributed by atoms with Gasteiger partial charge in [0.15, 0.2) is 0 Å². The smallest absolute Gasteiger partial charge is 0.211 e. The molecule has 0 spiro atoms. The molecular weight excluding hydrogens is 276 g/mol. The minimum absolute atomic E-state index is 0.541. The molecule has 1 aliphatic heterocycles. The third kappa shape index (κ3) is 3.83. The van der Waals surface area contributed by atoms with E-state index in [2.05, 4.69) is 22.1 Å². The van der Waals surface area contributed by atoms with Crippen molar-refractivity contribution in [3.8, 4) is 0 Å². The highest BCUT2D eigenvalue weighted by Gasteiger charge is 2.23. The Kier molecular flexibility index (Phi) is 4.82. The number of hydrogen-bond acceptors (Lipinski definition) is 5. The lowest BCUT2D eigenvalue weighted by molar-refractivity contribution is 0.388. The van der Waals surface area contributed by atoms with Crippen LogP contribution in [-0.2, 0) is 10.0 Å². The fourth-order valence-electron chi connectivity index (χ4n) is 2.24. The molecule has 0 amide bonds. The molecule has 0 bridgehead atoms. The summed E-state index contributed by atoms with van der Waals surface area (Å²) in [4.78, 5) is 6.48. The molecule has 0 saturated carbocycles. The first-order valence-corrected chi connectivity index (χ1v) is 8.75. The van der Waals surface area contributed by atoms with Crippen LogP contribution in [0, 0.1) is 0 Å². The van der Waals surface area contributed by atoms with Gasteiger partial charge in [0.25, 0.3) is 0 Å². The summed E-state index contributed by atoms with van der Waals surface area (Å²) in [5.74, 6) is 0.870. The summed E-state index contributed by atoms with van der Waals surface area (Å²) in [6, 6.07) is 3.99. The van der Waals surface area contributed by atoms with Crippen molar-refractivity contribution in [2.45, 2.75) is 13.3 Å². The number of rotatable bonds is 5. The summed E-state index contributed by atoms with van der Waals surface area (Å²) < 4.78 is 24.5. The molecule has 1 aromatic rings. The van der Waals surface area contributed by atoms with E-state index in [9.17, 15) is 8.42 Å². The number of piperazine rings is 1. The van der Waals surface area contributed by atoms with Gasteiger partial charge in [-0.3, -0.25) is 0 Å². The normalized spacial score (nSPS) is 17.2. The van der Waals surface area contributed by atoms with Crippen molar-refractivity contribution in [3.63, 3.8) is 0 Å². The first-order valence-electron chi connectivity index (χ1n) is 6.90. The van der Waals surface area contributed by atoms with Gasteiger partial charge in [-0.1, -0.05) is 6.92 Å². The Morgan fingerprint density at radius 1 is 1.30 bits per heavy atom. The van der Waals surface area contributed by atoms with Gasteiger partial charge in [0.05, 0.1) is 6.26 Å². The highest BCUT2D eigenvalue weighted by atomic mass is 32.2. The van der Waals surface area contributed by atoms with Crippen LogP contribution in [0.3, 0.4) is 0 Å². The fraction of sp³-hybridized carbons (Fsp3) is 0.615. The monoisotopic (exact) mass is 298 g/mol. The molecule has 0 atom stereocenters. The van der Waals surface area contributed by atoms with Crippen molar-refractivity contribution >= 4 is 21.5 Å². The molecule has 0 aliphatic carbocycles. The van der Waals surface area contributed by atoms with Crippen molar-refractivity contribution < 1.29 is 8.42 Å². The quantitative estimate of drug-likeness (QED) is 0.878. The number of anilines is 2. The predicted molar refractivity (Wildman–Crippen MR) is 81.6 cm³/mol.